The first kappa shape index (κ1) is 18.7. The SMILES string of the molecule is CC(C)c1nccn1Cc1cccc(NC(=O)CCc2ccccc2N)c1. The summed E-state index contributed by atoms with van der Waals surface area (Å²) in [6.07, 6.45) is 4.85. The minimum Gasteiger partial charge on any atom is -0.399 e. The first-order chi connectivity index (χ1) is 13.0. The van der Waals surface area contributed by atoms with E-state index >= 15 is 0 Å². The summed E-state index contributed by atoms with van der Waals surface area (Å²) in [5.41, 5.74) is 9.61. The smallest absolute Gasteiger partial charge is 0.224 e. The molecule has 0 atom stereocenters. The first-order valence-corrected chi connectivity index (χ1v) is 9.26. The van der Waals surface area contributed by atoms with Crippen LogP contribution in [0.15, 0.2) is 60.9 Å². The number of nitrogen functional groups attached to an aromatic ring is 1. The fourth-order valence-corrected chi connectivity index (χ4v) is 3.13. The van der Waals surface area contributed by atoms with E-state index in [-0.39, 0.29) is 5.91 Å². The Balaban J connectivity index is 1.61. The van der Waals surface area contributed by atoms with Gasteiger partial charge in [-0.15, -0.1) is 0 Å². The van der Waals surface area contributed by atoms with E-state index in [2.05, 4.69) is 34.8 Å². The highest BCUT2D eigenvalue weighted by atomic mass is 16.1. The second kappa shape index (κ2) is 8.54. The average Bonchev–Trinajstić information content (AvgIpc) is 3.10. The molecule has 0 unspecified atom stereocenters. The molecule has 0 bridgehead atoms. The number of para-hydroxylation sites is 1. The minimum absolute atomic E-state index is 0.0131. The lowest BCUT2D eigenvalue weighted by Crippen LogP contribution is -2.13. The summed E-state index contributed by atoms with van der Waals surface area (Å²) in [6, 6.07) is 15.6. The summed E-state index contributed by atoms with van der Waals surface area (Å²) in [6.45, 7) is 5.00. The Morgan fingerprint density at radius 2 is 2.00 bits per heavy atom. The van der Waals surface area contributed by atoms with Gasteiger partial charge in [-0.3, -0.25) is 4.79 Å². The maximum Gasteiger partial charge on any atom is 0.224 e. The van der Waals surface area contributed by atoms with E-state index in [0.717, 1.165) is 34.9 Å². The molecule has 0 aliphatic rings. The highest BCUT2D eigenvalue weighted by Crippen LogP contribution is 2.17. The van der Waals surface area contributed by atoms with E-state index in [0.29, 0.717) is 18.8 Å². The number of nitrogens with one attached hydrogen (secondary N) is 1. The van der Waals surface area contributed by atoms with E-state index in [4.69, 9.17) is 5.73 Å². The fourth-order valence-electron chi connectivity index (χ4n) is 3.13. The molecule has 27 heavy (non-hydrogen) atoms. The van der Waals surface area contributed by atoms with Gasteiger partial charge in [-0.1, -0.05) is 44.2 Å². The van der Waals surface area contributed by atoms with Crippen molar-refractivity contribution in [3.63, 3.8) is 0 Å². The van der Waals surface area contributed by atoms with Gasteiger partial charge in [-0.05, 0) is 35.7 Å². The normalized spacial score (nSPS) is 10.9. The van der Waals surface area contributed by atoms with Gasteiger partial charge in [-0.25, -0.2) is 4.98 Å². The van der Waals surface area contributed by atoms with Gasteiger partial charge in [0, 0.05) is 42.7 Å². The summed E-state index contributed by atoms with van der Waals surface area (Å²) >= 11 is 0. The van der Waals surface area contributed by atoms with Gasteiger partial charge >= 0.3 is 0 Å². The zero-order chi connectivity index (χ0) is 19.2. The van der Waals surface area contributed by atoms with Crippen LogP contribution in [0.25, 0.3) is 0 Å². The molecule has 0 aliphatic carbocycles. The number of imidazole rings is 1. The van der Waals surface area contributed by atoms with Crippen molar-refractivity contribution in [3.05, 3.63) is 77.9 Å². The van der Waals surface area contributed by atoms with Crippen LogP contribution in [-0.2, 0) is 17.8 Å². The highest BCUT2D eigenvalue weighted by molar-refractivity contribution is 5.91. The predicted octanol–water partition coefficient (Wildman–Crippen LogP) is 4.21. The number of anilines is 2. The van der Waals surface area contributed by atoms with E-state index in [9.17, 15) is 4.79 Å². The number of carbonyl (C=O) groups is 1. The molecule has 3 rings (SSSR count). The summed E-state index contributed by atoms with van der Waals surface area (Å²) < 4.78 is 2.14. The fraction of sp³-hybridized carbons (Fsp3) is 0.273. The number of aromatic nitrogens is 2. The Bertz CT molecular complexity index is 914. The summed E-state index contributed by atoms with van der Waals surface area (Å²) in [5.74, 6) is 1.42. The maximum atomic E-state index is 12.3. The number of rotatable bonds is 7. The van der Waals surface area contributed by atoms with Crippen molar-refractivity contribution in [2.75, 3.05) is 11.1 Å². The molecule has 1 amide bonds. The topological polar surface area (TPSA) is 72.9 Å². The van der Waals surface area contributed by atoms with Crippen LogP contribution >= 0.6 is 0 Å². The Labute approximate surface area is 160 Å². The minimum atomic E-state index is -0.0131. The molecule has 0 aliphatic heterocycles. The number of amides is 1. The van der Waals surface area contributed by atoms with Crippen LogP contribution in [0, 0.1) is 0 Å². The molecule has 1 heterocycles. The predicted molar refractivity (Wildman–Crippen MR) is 110 cm³/mol. The van der Waals surface area contributed by atoms with Crippen molar-refractivity contribution >= 4 is 17.3 Å². The number of hydrogen-bond acceptors (Lipinski definition) is 3. The number of benzene rings is 2. The van der Waals surface area contributed by atoms with E-state index in [1.807, 2.05) is 54.9 Å². The van der Waals surface area contributed by atoms with Gasteiger partial charge in [0.2, 0.25) is 5.91 Å². The molecule has 0 spiro atoms. The van der Waals surface area contributed by atoms with Crippen LogP contribution in [0.3, 0.4) is 0 Å². The van der Waals surface area contributed by atoms with Crippen LogP contribution in [0.5, 0.6) is 0 Å². The molecular weight excluding hydrogens is 336 g/mol. The Morgan fingerprint density at radius 3 is 2.78 bits per heavy atom. The molecule has 5 heteroatoms. The molecule has 1 aromatic heterocycles. The summed E-state index contributed by atoms with van der Waals surface area (Å²) in [7, 11) is 0. The number of carbonyl (C=O) groups excluding carboxylic acids is 1. The standard InChI is InChI=1S/C22H26N4O/c1-16(2)22-24-12-13-26(22)15-17-6-5-8-19(14-17)25-21(27)11-10-18-7-3-4-9-20(18)23/h3-9,12-14,16H,10-11,15,23H2,1-2H3,(H,25,27). The maximum absolute atomic E-state index is 12.3. The first-order valence-electron chi connectivity index (χ1n) is 9.26. The van der Waals surface area contributed by atoms with Gasteiger partial charge < -0.3 is 15.6 Å². The average molecular weight is 362 g/mol. The van der Waals surface area contributed by atoms with Crippen molar-refractivity contribution in [1.29, 1.82) is 0 Å². The molecule has 0 radical (unpaired) electrons. The lowest BCUT2D eigenvalue weighted by Gasteiger charge is -2.12. The quantitative estimate of drug-likeness (QED) is 0.619. The number of nitrogens with zero attached hydrogens (tertiary/aromatic N) is 2. The second-order valence-electron chi connectivity index (χ2n) is 7.02. The largest absolute Gasteiger partial charge is 0.399 e. The van der Waals surface area contributed by atoms with Crippen molar-refractivity contribution in [3.8, 4) is 0 Å². The van der Waals surface area contributed by atoms with Crippen LogP contribution in [0.1, 0.15) is 43.1 Å². The van der Waals surface area contributed by atoms with Crippen molar-refractivity contribution in [2.24, 2.45) is 0 Å². The van der Waals surface area contributed by atoms with Gasteiger partial charge in [0.25, 0.3) is 0 Å². The van der Waals surface area contributed by atoms with Crippen molar-refractivity contribution in [2.45, 2.75) is 39.2 Å². The summed E-state index contributed by atoms with van der Waals surface area (Å²) in [4.78, 5) is 16.7. The summed E-state index contributed by atoms with van der Waals surface area (Å²) in [5, 5.41) is 2.98. The van der Waals surface area contributed by atoms with Gasteiger partial charge in [0.15, 0.2) is 0 Å². The zero-order valence-electron chi connectivity index (χ0n) is 15.9. The third-order valence-electron chi connectivity index (χ3n) is 4.50. The molecule has 0 saturated carbocycles. The van der Waals surface area contributed by atoms with E-state index in [1.165, 1.54) is 0 Å². The van der Waals surface area contributed by atoms with Crippen LogP contribution in [-0.4, -0.2) is 15.5 Å². The van der Waals surface area contributed by atoms with Crippen LogP contribution in [0.4, 0.5) is 11.4 Å². The molecule has 0 fully saturated rings. The molecule has 3 aromatic rings. The van der Waals surface area contributed by atoms with Crippen molar-refractivity contribution < 1.29 is 4.79 Å². The van der Waals surface area contributed by atoms with Gasteiger partial charge in [0.1, 0.15) is 5.82 Å². The lowest BCUT2D eigenvalue weighted by molar-refractivity contribution is -0.116. The number of aryl methyl sites for hydroxylation is 1. The number of hydrogen-bond donors (Lipinski definition) is 2. The molecule has 140 valence electrons. The monoisotopic (exact) mass is 362 g/mol. The second-order valence-corrected chi connectivity index (χ2v) is 7.02. The molecule has 0 saturated heterocycles. The Kier molecular flexibility index (Phi) is 5.91. The Morgan fingerprint density at radius 1 is 1.19 bits per heavy atom. The van der Waals surface area contributed by atoms with Crippen LogP contribution < -0.4 is 11.1 Å². The van der Waals surface area contributed by atoms with E-state index < -0.39 is 0 Å². The third-order valence-corrected chi connectivity index (χ3v) is 4.50. The zero-order valence-corrected chi connectivity index (χ0v) is 15.9. The van der Waals surface area contributed by atoms with Gasteiger partial charge in [0.05, 0.1) is 0 Å². The van der Waals surface area contributed by atoms with Crippen molar-refractivity contribution in [1.82, 2.24) is 9.55 Å². The van der Waals surface area contributed by atoms with Gasteiger partial charge in [-0.2, -0.15) is 0 Å². The highest BCUT2D eigenvalue weighted by Gasteiger charge is 2.09. The molecule has 2 aromatic carbocycles. The lowest BCUT2D eigenvalue weighted by atomic mass is 10.1. The molecule has 3 N–H and O–H groups in total. The number of nitrogens with two attached hydrogens (primary N) is 1. The van der Waals surface area contributed by atoms with E-state index in [1.54, 1.807) is 0 Å². The molecular formula is C22H26N4O. The third kappa shape index (κ3) is 4.97. The Hall–Kier alpha value is -3.08. The molecule has 5 nitrogen and oxygen atoms in total. The van der Waals surface area contributed by atoms with Crippen LogP contribution in [0.2, 0.25) is 0 Å².